The normalized spacial score (nSPS) is 23.3. The van der Waals surface area contributed by atoms with Gasteiger partial charge in [0.1, 0.15) is 0 Å². The molecule has 37 heavy (non-hydrogen) atoms. The van der Waals surface area contributed by atoms with Crippen molar-refractivity contribution in [1.82, 2.24) is 14.7 Å². The van der Waals surface area contributed by atoms with Crippen LogP contribution in [-0.4, -0.2) is 55.8 Å². The van der Waals surface area contributed by atoms with E-state index >= 15 is 0 Å². The standard InChI is InChI=1S/C29H41N5O3/c1-17(2)13-24-26-25(15-29(3,4)33(28(26)37)16-18-5-6-18)34(32-24)20-9-12-22(27(30)36)23(14-20)31-19-7-10-21(35)11-8-19/h9,12,14,17-19,21,31,35H,5-8,10-11,13,15-16H2,1-4H3,(H2,30,36). The fourth-order valence-electron chi connectivity index (χ4n) is 5.90. The van der Waals surface area contributed by atoms with E-state index in [1.165, 1.54) is 12.8 Å². The SMILES string of the molecule is CC(C)Cc1nn(-c2ccc(C(N)=O)c(NC3CCC(O)CC3)c2)c2c1C(=O)N(CC1CC1)C(C)(C)C2. The molecule has 2 heterocycles. The summed E-state index contributed by atoms with van der Waals surface area (Å²) in [5, 5.41) is 18.4. The van der Waals surface area contributed by atoms with Gasteiger partial charge in [-0.1, -0.05) is 13.8 Å². The Morgan fingerprint density at radius 2 is 1.89 bits per heavy atom. The summed E-state index contributed by atoms with van der Waals surface area (Å²) < 4.78 is 1.92. The number of anilines is 1. The molecule has 2 fully saturated rings. The van der Waals surface area contributed by atoms with E-state index < -0.39 is 5.91 Å². The van der Waals surface area contributed by atoms with Crippen molar-refractivity contribution in [3.63, 3.8) is 0 Å². The number of aromatic nitrogens is 2. The molecule has 1 aromatic carbocycles. The average molecular weight is 508 g/mol. The van der Waals surface area contributed by atoms with E-state index in [2.05, 4.69) is 37.9 Å². The van der Waals surface area contributed by atoms with Crippen molar-refractivity contribution >= 4 is 17.5 Å². The predicted molar refractivity (Wildman–Crippen MR) is 144 cm³/mol. The Hall–Kier alpha value is -2.87. The van der Waals surface area contributed by atoms with Gasteiger partial charge in [0.25, 0.3) is 11.8 Å². The molecule has 2 saturated carbocycles. The first-order valence-corrected chi connectivity index (χ1v) is 13.8. The molecule has 0 saturated heterocycles. The fraction of sp³-hybridized carbons (Fsp3) is 0.621. The number of carbonyl (C=O) groups is 2. The van der Waals surface area contributed by atoms with Crippen LogP contribution in [0, 0.1) is 11.8 Å². The quantitative estimate of drug-likeness (QED) is 0.498. The molecule has 5 rings (SSSR count). The molecule has 8 heteroatoms. The highest BCUT2D eigenvalue weighted by atomic mass is 16.3. The Morgan fingerprint density at radius 1 is 1.19 bits per heavy atom. The summed E-state index contributed by atoms with van der Waals surface area (Å²) in [6, 6.07) is 5.72. The molecule has 1 aliphatic heterocycles. The number of nitrogens with zero attached hydrogens (tertiary/aromatic N) is 3. The van der Waals surface area contributed by atoms with Gasteiger partial charge in [-0.05, 0) is 88.8 Å². The summed E-state index contributed by atoms with van der Waals surface area (Å²) in [5.74, 6) is 0.584. The molecule has 0 atom stereocenters. The van der Waals surface area contributed by atoms with Gasteiger partial charge in [-0.15, -0.1) is 0 Å². The lowest BCUT2D eigenvalue weighted by Gasteiger charge is -2.42. The van der Waals surface area contributed by atoms with E-state index in [9.17, 15) is 14.7 Å². The Kier molecular flexibility index (Phi) is 6.81. The first kappa shape index (κ1) is 25.8. The minimum absolute atomic E-state index is 0.0907. The highest BCUT2D eigenvalue weighted by Gasteiger charge is 2.44. The van der Waals surface area contributed by atoms with Crippen LogP contribution >= 0.6 is 0 Å². The summed E-state index contributed by atoms with van der Waals surface area (Å²) in [5.41, 5.74) is 9.88. The number of aliphatic hydroxyl groups excluding tert-OH is 1. The summed E-state index contributed by atoms with van der Waals surface area (Å²) >= 11 is 0. The maximum Gasteiger partial charge on any atom is 0.258 e. The molecule has 1 aromatic heterocycles. The fourth-order valence-corrected chi connectivity index (χ4v) is 5.90. The number of benzene rings is 1. The summed E-state index contributed by atoms with van der Waals surface area (Å²) in [4.78, 5) is 28.2. The summed E-state index contributed by atoms with van der Waals surface area (Å²) in [7, 11) is 0. The minimum atomic E-state index is -0.486. The molecule has 2 aliphatic carbocycles. The van der Waals surface area contributed by atoms with Crippen LogP contribution in [0.25, 0.3) is 5.69 Å². The van der Waals surface area contributed by atoms with Gasteiger partial charge >= 0.3 is 0 Å². The van der Waals surface area contributed by atoms with E-state index in [1.54, 1.807) is 6.07 Å². The van der Waals surface area contributed by atoms with Gasteiger partial charge in [-0.2, -0.15) is 5.10 Å². The van der Waals surface area contributed by atoms with Gasteiger partial charge in [0.05, 0.1) is 34.3 Å². The number of carbonyl (C=O) groups excluding carboxylic acids is 2. The second-order valence-electron chi connectivity index (χ2n) is 12.4. The third-order valence-electron chi connectivity index (χ3n) is 8.15. The van der Waals surface area contributed by atoms with Gasteiger partial charge < -0.3 is 21.1 Å². The first-order chi connectivity index (χ1) is 17.5. The highest BCUT2D eigenvalue weighted by Crippen LogP contribution is 2.39. The van der Waals surface area contributed by atoms with Crippen molar-refractivity contribution in [2.24, 2.45) is 17.6 Å². The average Bonchev–Trinajstić information content (AvgIpc) is 3.58. The van der Waals surface area contributed by atoms with Crippen LogP contribution in [-0.2, 0) is 12.8 Å². The van der Waals surface area contributed by atoms with Crippen LogP contribution in [0.5, 0.6) is 0 Å². The number of hydrogen-bond donors (Lipinski definition) is 3. The van der Waals surface area contributed by atoms with E-state index in [0.717, 1.165) is 61.3 Å². The maximum atomic E-state index is 13.9. The largest absolute Gasteiger partial charge is 0.393 e. The number of primary amides is 1. The second-order valence-corrected chi connectivity index (χ2v) is 12.4. The van der Waals surface area contributed by atoms with Gasteiger partial charge in [0, 0.05) is 30.2 Å². The Morgan fingerprint density at radius 3 is 2.51 bits per heavy atom. The van der Waals surface area contributed by atoms with Crippen LogP contribution in [0.1, 0.15) is 98.3 Å². The number of rotatable bonds is 8. The molecular formula is C29H41N5O3. The third kappa shape index (κ3) is 5.26. The van der Waals surface area contributed by atoms with Crippen molar-refractivity contribution in [2.45, 2.75) is 96.7 Å². The molecular weight excluding hydrogens is 466 g/mol. The zero-order chi connectivity index (χ0) is 26.5. The molecule has 0 radical (unpaired) electrons. The molecule has 0 unspecified atom stereocenters. The zero-order valence-electron chi connectivity index (χ0n) is 22.6. The molecule has 4 N–H and O–H groups in total. The maximum absolute atomic E-state index is 13.9. The van der Waals surface area contributed by atoms with E-state index in [-0.39, 0.29) is 23.6 Å². The minimum Gasteiger partial charge on any atom is -0.393 e. The summed E-state index contributed by atoms with van der Waals surface area (Å²) in [6.45, 7) is 9.41. The number of amides is 2. The van der Waals surface area contributed by atoms with Crippen molar-refractivity contribution in [3.8, 4) is 5.69 Å². The number of nitrogens with two attached hydrogens (primary N) is 1. The molecule has 0 bridgehead atoms. The highest BCUT2D eigenvalue weighted by molar-refractivity contribution is 6.00. The molecule has 2 aromatic rings. The van der Waals surface area contributed by atoms with Crippen molar-refractivity contribution in [2.75, 3.05) is 11.9 Å². The topological polar surface area (TPSA) is 113 Å². The lowest BCUT2D eigenvalue weighted by atomic mass is 9.86. The predicted octanol–water partition coefficient (Wildman–Crippen LogP) is 4.07. The van der Waals surface area contributed by atoms with Crippen LogP contribution in [0.4, 0.5) is 5.69 Å². The summed E-state index contributed by atoms with van der Waals surface area (Å²) in [6.07, 6.45) is 6.74. The lowest BCUT2D eigenvalue weighted by molar-refractivity contribution is 0.0487. The van der Waals surface area contributed by atoms with Gasteiger partial charge in [0.2, 0.25) is 0 Å². The third-order valence-corrected chi connectivity index (χ3v) is 8.15. The van der Waals surface area contributed by atoms with Crippen molar-refractivity contribution in [1.29, 1.82) is 0 Å². The van der Waals surface area contributed by atoms with E-state index in [4.69, 9.17) is 10.8 Å². The van der Waals surface area contributed by atoms with Crippen molar-refractivity contribution < 1.29 is 14.7 Å². The second kappa shape index (κ2) is 9.78. The number of hydrogen-bond acceptors (Lipinski definition) is 5. The van der Waals surface area contributed by atoms with Gasteiger partial charge in [-0.3, -0.25) is 9.59 Å². The van der Waals surface area contributed by atoms with Gasteiger partial charge in [0.15, 0.2) is 0 Å². The molecule has 2 amide bonds. The van der Waals surface area contributed by atoms with Crippen LogP contribution in [0.15, 0.2) is 18.2 Å². The van der Waals surface area contributed by atoms with Crippen LogP contribution in [0.2, 0.25) is 0 Å². The Labute approximate surface area is 219 Å². The molecule has 0 spiro atoms. The zero-order valence-corrected chi connectivity index (χ0v) is 22.6. The number of nitrogens with one attached hydrogen (secondary N) is 1. The van der Waals surface area contributed by atoms with Crippen molar-refractivity contribution in [3.05, 3.63) is 40.7 Å². The van der Waals surface area contributed by atoms with E-state index in [0.29, 0.717) is 29.5 Å². The van der Waals surface area contributed by atoms with Gasteiger partial charge in [-0.25, -0.2) is 4.68 Å². The lowest BCUT2D eigenvalue weighted by Crippen LogP contribution is -2.53. The monoisotopic (exact) mass is 507 g/mol. The molecule has 8 nitrogen and oxygen atoms in total. The smallest absolute Gasteiger partial charge is 0.258 e. The van der Waals surface area contributed by atoms with Crippen LogP contribution in [0.3, 0.4) is 0 Å². The number of aliphatic hydroxyl groups is 1. The number of fused-ring (bicyclic) bond motifs is 1. The van der Waals surface area contributed by atoms with Crippen LogP contribution < -0.4 is 11.1 Å². The first-order valence-electron chi connectivity index (χ1n) is 13.8. The van der Waals surface area contributed by atoms with E-state index in [1.807, 2.05) is 16.8 Å². The Bertz CT molecular complexity index is 1190. The molecule has 200 valence electrons. The Balaban J connectivity index is 1.55. The molecule has 3 aliphatic rings.